The number of rotatable bonds is 8. The normalized spacial score (nSPS) is 12.1. The number of furan rings is 1. The molecule has 0 atom stereocenters. The number of sulfonamides is 1. The molecule has 8 nitrogen and oxygen atoms in total. The SMILES string of the molecule is CCN(CC)S(=O)(=O)c1ccc(SCc2nc3scc(-c4ccco4)c3c(=O)[nH]2)nc1. The van der Waals surface area contributed by atoms with Crippen LogP contribution in [0.25, 0.3) is 21.5 Å². The molecule has 31 heavy (non-hydrogen) atoms. The highest BCUT2D eigenvalue weighted by Gasteiger charge is 2.22. The molecular formula is C20H20N4O4S3. The first-order valence-electron chi connectivity index (χ1n) is 9.57. The van der Waals surface area contributed by atoms with Crippen molar-refractivity contribution in [3.05, 3.63) is 58.3 Å². The number of nitrogens with one attached hydrogen (secondary N) is 1. The van der Waals surface area contributed by atoms with Crippen molar-refractivity contribution in [1.82, 2.24) is 19.3 Å². The number of nitrogens with zero attached hydrogens (tertiary/aromatic N) is 3. The van der Waals surface area contributed by atoms with Gasteiger partial charge in [0.1, 0.15) is 21.3 Å². The van der Waals surface area contributed by atoms with E-state index in [1.807, 2.05) is 5.38 Å². The molecule has 4 rings (SSSR count). The lowest BCUT2D eigenvalue weighted by atomic mass is 10.2. The molecule has 4 aromatic rings. The van der Waals surface area contributed by atoms with E-state index in [9.17, 15) is 13.2 Å². The Morgan fingerprint density at radius 1 is 1.23 bits per heavy atom. The minimum atomic E-state index is -3.54. The van der Waals surface area contributed by atoms with Gasteiger partial charge >= 0.3 is 0 Å². The van der Waals surface area contributed by atoms with Gasteiger partial charge in [-0.25, -0.2) is 18.4 Å². The zero-order chi connectivity index (χ0) is 22.0. The van der Waals surface area contributed by atoms with Crippen molar-refractivity contribution in [2.75, 3.05) is 13.1 Å². The fourth-order valence-electron chi connectivity index (χ4n) is 3.13. The lowest BCUT2D eigenvalue weighted by Crippen LogP contribution is -2.30. The predicted molar refractivity (Wildman–Crippen MR) is 122 cm³/mol. The summed E-state index contributed by atoms with van der Waals surface area (Å²) in [6.07, 6.45) is 2.93. The van der Waals surface area contributed by atoms with Crippen LogP contribution in [-0.4, -0.2) is 40.8 Å². The second-order valence-electron chi connectivity index (χ2n) is 6.53. The fraction of sp³-hybridized carbons (Fsp3) is 0.250. The molecular weight excluding hydrogens is 456 g/mol. The Kier molecular flexibility index (Phi) is 6.28. The summed E-state index contributed by atoms with van der Waals surface area (Å²) < 4.78 is 31.9. The summed E-state index contributed by atoms with van der Waals surface area (Å²) in [5.74, 6) is 1.55. The number of hydrogen-bond acceptors (Lipinski definition) is 8. The van der Waals surface area contributed by atoms with Crippen molar-refractivity contribution in [3.8, 4) is 11.3 Å². The van der Waals surface area contributed by atoms with E-state index in [-0.39, 0.29) is 10.5 Å². The summed E-state index contributed by atoms with van der Waals surface area (Å²) in [6, 6.07) is 6.80. The van der Waals surface area contributed by atoms with E-state index >= 15 is 0 Å². The third-order valence-corrected chi connectivity index (χ3v) is 8.55. The molecule has 0 aliphatic heterocycles. The Labute approximate surface area is 187 Å². The zero-order valence-electron chi connectivity index (χ0n) is 16.9. The van der Waals surface area contributed by atoms with Crippen molar-refractivity contribution in [3.63, 3.8) is 0 Å². The molecule has 0 spiro atoms. The number of aromatic amines is 1. The molecule has 0 aromatic carbocycles. The van der Waals surface area contributed by atoms with Gasteiger partial charge in [-0.2, -0.15) is 4.31 Å². The minimum absolute atomic E-state index is 0.164. The molecule has 0 amide bonds. The summed E-state index contributed by atoms with van der Waals surface area (Å²) in [7, 11) is -3.54. The van der Waals surface area contributed by atoms with E-state index in [1.54, 1.807) is 44.4 Å². The summed E-state index contributed by atoms with van der Waals surface area (Å²) in [4.78, 5) is 25.1. The highest BCUT2D eigenvalue weighted by molar-refractivity contribution is 7.98. The van der Waals surface area contributed by atoms with Crippen LogP contribution in [0, 0.1) is 0 Å². The van der Waals surface area contributed by atoms with E-state index in [1.165, 1.54) is 33.6 Å². The maximum Gasteiger partial charge on any atom is 0.260 e. The Hall–Kier alpha value is -2.47. The molecule has 11 heteroatoms. The summed E-state index contributed by atoms with van der Waals surface area (Å²) >= 11 is 2.75. The molecule has 1 N–H and O–H groups in total. The van der Waals surface area contributed by atoms with Gasteiger partial charge in [0.2, 0.25) is 10.0 Å². The Morgan fingerprint density at radius 3 is 2.68 bits per heavy atom. The van der Waals surface area contributed by atoms with Crippen LogP contribution in [0.4, 0.5) is 0 Å². The van der Waals surface area contributed by atoms with Crippen LogP contribution >= 0.6 is 23.1 Å². The molecule has 4 aromatic heterocycles. The lowest BCUT2D eigenvalue weighted by Gasteiger charge is -2.18. The maximum absolute atomic E-state index is 12.6. The molecule has 0 saturated carbocycles. The number of H-pyrrole nitrogens is 1. The first kappa shape index (κ1) is 21.8. The monoisotopic (exact) mass is 476 g/mol. The van der Waals surface area contributed by atoms with Gasteiger partial charge in [0.25, 0.3) is 5.56 Å². The quantitative estimate of drug-likeness (QED) is 0.383. The molecule has 0 radical (unpaired) electrons. The number of fused-ring (bicyclic) bond motifs is 1. The first-order chi connectivity index (χ1) is 14.9. The van der Waals surface area contributed by atoms with E-state index in [0.29, 0.717) is 45.7 Å². The summed E-state index contributed by atoms with van der Waals surface area (Å²) in [5, 5.41) is 3.01. The van der Waals surface area contributed by atoms with Crippen LogP contribution in [0.3, 0.4) is 0 Å². The van der Waals surface area contributed by atoms with E-state index in [2.05, 4.69) is 15.0 Å². The van der Waals surface area contributed by atoms with Gasteiger partial charge in [0.05, 0.1) is 22.4 Å². The number of thioether (sulfide) groups is 1. The third kappa shape index (κ3) is 4.31. The average molecular weight is 477 g/mol. The van der Waals surface area contributed by atoms with Gasteiger partial charge in [0, 0.05) is 30.2 Å². The van der Waals surface area contributed by atoms with Crippen molar-refractivity contribution < 1.29 is 12.8 Å². The smallest absolute Gasteiger partial charge is 0.260 e. The van der Waals surface area contributed by atoms with E-state index in [4.69, 9.17) is 4.42 Å². The van der Waals surface area contributed by atoms with Gasteiger partial charge in [-0.1, -0.05) is 25.6 Å². The Bertz CT molecular complexity index is 1340. The summed E-state index contributed by atoms with van der Waals surface area (Å²) in [5.41, 5.74) is 0.506. The molecule has 162 valence electrons. The van der Waals surface area contributed by atoms with Crippen LogP contribution in [0.1, 0.15) is 19.7 Å². The number of pyridine rings is 1. The lowest BCUT2D eigenvalue weighted by molar-refractivity contribution is 0.445. The maximum atomic E-state index is 12.6. The van der Waals surface area contributed by atoms with Gasteiger partial charge in [-0.15, -0.1) is 11.3 Å². The highest BCUT2D eigenvalue weighted by Crippen LogP contribution is 2.31. The van der Waals surface area contributed by atoms with Crippen molar-refractivity contribution >= 4 is 43.3 Å². The van der Waals surface area contributed by atoms with Crippen LogP contribution in [0.2, 0.25) is 0 Å². The largest absolute Gasteiger partial charge is 0.464 e. The topological polar surface area (TPSA) is 109 Å². The standard InChI is InChI=1S/C20H20N4O4S3/c1-3-24(4-2)31(26,27)13-7-8-17(21-10-13)29-12-16-22-19(25)18-14(11-30-20(18)23-16)15-6-5-9-28-15/h5-11H,3-4,12H2,1-2H3,(H,22,23,25). The molecule has 0 aliphatic carbocycles. The van der Waals surface area contributed by atoms with Gasteiger partial charge in [-0.3, -0.25) is 4.79 Å². The second kappa shape index (κ2) is 8.95. The van der Waals surface area contributed by atoms with Gasteiger partial charge in [0.15, 0.2) is 0 Å². The number of hydrogen-bond donors (Lipinski definition) is 1. The van der Waals surface area contributed by atoms with Crippen LogP contribution in [0.5, 0.6) is 0 Å². The minimum Gasteiger partial charge on any atom is -0.464 e. The van der Waals surface area contributed by atoms with Crippen LogP contribution in [-0.2, 0) is 15.8 Å². The predicted octanol–water partition coefficient (Wildman–Crippen LogP) is 3.96. The molecule has 0 unspecified atom stereocenters. The molecule has 0 saturated heterocycles. The van der Waals surface area contributed by atoms with Crippen molar-refractivity contribution in [2.24, 2.45) is 0 Å². The van der Waals surface area contributed by atoms with Crippen molar-refractivity contribution in [1.29, 1.82) is 0 Å². The van der Waals surface area contributed by atoms with Gasteiger partial charge in [-0.05, 0) is 24.3 Å². The fourth-order valence-corrected chi connectivity index (χ4v) is 6.20. The van der Waals surface area contributed by atoms with Crippen molar-refractivity contribution in [2.45, 2.75) is 29.5 Å². The van der Waals surface area contributed by atoms with E-state index in [0.717, 1.165) is 5.56 Å². The van der Waals surface area contributed by atoms with E-state index < -0.39 is 10.0 Å². The number of thiophene rings is 1. The summed E-state index contributed by atoms with van der Waals surface area (Å²) in [6.45, 7) is 4.41. The average Bonchev–Trinajstić information content (AvgIpc) is 3.43. The van der Waals surface area contributed by atoms with Gasteiger partial charge < -0.3 is 9.40 Å². The second-order valence-corrected chi connectivity index (χ2v) is 10.3. The molecule has 0 fully saturated rings. The molecule has 0 bridgehead atoms. The van der Waals surface area contributed by atoms with Crippen LogP contribution < -0.4 is 5.56 Å². The number of aromatic nitrogens is 3. The molecule has 0 aliphatic rings. The zero-order valence-corrected chi connectivity index (χ0v) is 19.3. The molecule has 4 heterocycles. The highest BCUT2D eigenvalue weighted by atomic mass is 32.2. The third-order valence-electron chi connectivity index (χ3n) is 4.69. The van der Waals surface area contributed by atoms with Crippen LogP contribution in [0.15, 0.2) is 61.2 Å². The first-order valence-corrected chi connectivity index (χ1v) is 12.9. The Balaban J connectivity index is 1.51. The Morgan fingerprint density at radius 2 is 2.03 bits per heavy atom.